The van der Waals surface area contributed by atoms with E-state index in [-0.39, 0.29) is 17.7 Å². The van der Waals surface area contributed by atoms with Crippen LogP contribution in [0.4, 0.5) is 33.2 Å². The molecule has 0 saturated carbocycles. The molecule has 216 valence electrons. The van der Waals surface area contributed by atoms with Gasteiger partial charge in [0.1, 0.15) is 10.1 Å². The highest BCUT2D eigenvalue weighted by Crippen LogP contribution is 2.24. The van der Waals surface area contributed by atoms with Crippen LogP contribution in [0.2, 0.25) is 0 Å². The van der Waals surface area contributed by atoms with E-state index >= 15 is 0 Å². The number of thiocarbonyl (C=S) groups is 1. The molecule has 4 N–H and O–H groups in total. The summed E-state index contributed by atoms with van der Waals surface area (Å²) >= 11 is 7.01. The van der Waals surface area contributed by atoms with Crippen LogP contribution in [0.15, 0.2) is 91.9 Å². The lowest BCUT2D eigenvalue weighted by atomic mass is 10.2. The summed E-state index contributed by atoms with van der Waals surface area (Å²) in [5.41, 5.74) is 2.89. The van der Waals surface area contributed by atoms with E-state index < -0.39 is 5.82 Å². The van der Waals surface area contributed by atoms with E-state index in [9.17, 15) is 9.18 Å². The van der Waals surface area contributed by atoms with E-state index in [0.29, 0.717) is 24.5 Å². The number of thioether (sulfide) groups is 1. The zero-order chi connectivity index (χ0) is 29.6. The van der Waals surface area contributed by atoms with Gasteiger partial charge in [0.05, 0.1) is 12.8 Å². The topological polar surface area (TPSA) is 113 Å². The molecule has 0 aliphatic rings. The van der Waals surface area contributed by atoms with Crippen LogP contribution in [0.5, 0.6) is 5.75 Å². The summed E-state index contributed by atoms with van der Waals surface area (Å²) in [6, 6.07) is 18.1. The van der Waals surface area contributed by atoms with Crippen LogP contribution in [-0.4, -0.2) is 37.5 Å². The monoisotopic (exact) mass is 603 g/mol. The Morgan fingerprint density at radius 2 is 1.86 bits per heavy atom. The van der Waals surface area contributed by atoms with Crippen molar-refractivity contribution in [3.63, 3.8) is 0 Å². The fourth-order valence-electron chi connectivity index (χ4n) is 3.57. The number of carbonyl (C=O) groups is 1. The molecule has 1 amide bonds. The molecule has 0 spiro atoms. The molecule has 12 heteroatoms. The third-order valence-corrected chi connectivity index (χ3v) is 7.03. The number of rotatable bonds is 14. The molecule has 0 aliphatic heterocycles. The van der Waals surface area contributed by atoms with Gasteiger partial charge in [-0.25, -0.2) is 9.37 Å². The quantitative estimate of drug-likeness (QED) is 0.0715. The van der Waals surface area contributed by atoms with Gasteiger partial charge < -0.3 is 26.0 Å². The van der Waals surface area contributed by atoms with Crippen molar-refractivity contribution in [3.05, 3.63) is 103 Å². The molecular formula is C30H30FN7O2S2. The minimum absolute atomic E-state index is 0.0112. The number of aromatic nitrogens is 3. The van der Waals surface area contributed by atoms with Crippen LogP contribution in [0.1, 0.15) is 18.4 Å². The minimum Gasteiger partial charge on any atom is -0.494 e. The number of amides is 1. The first-order chi connectivity index (χ1) is 20.5. The van der Waals surface area contributed by atoms with Gasteiger partial charge in [-0.2, -0.15) is 4.98 Å². The SMILES string of the molecule is C=CC(=O)Nc1cccc(Nc2nc(Nc3ccc(OCCCCSC(=S)NCc4cccnc4)cc3)ncc2F)c1. The number of pyridine rings is 1. The number of unbranched alkanes of at least 4 members (excludes halogenated alkanes) is 1. The van der Waals surface area contributed by atoms with Crippen molar-refractivity contribution < 1.29 is 13.9 Å². The number of carbonyl (C=O) groups excluding carboxylic acids is 1. The summed E-state index contributed by atoms with van der Waals surface area (Å²) in [4.78, 5) is 23.9. The van der Waals surface area contributed by atoms with E-state index in [1.165, 1.54) is 6.08 Å². The minimum atomic E-state index is -0.619. The van der Waals surface area contributed by atoms with Crippen LogP contribution in [-0.2, 0) is 11.3 Å². The van der Waals surface area contributed by atoms with Crippen molar-refractivity contribution in [2.45, 2.75) is 19.4 Å². The summed E-state index contributed by atoms with van der Waals surface area (Å²) in [5, 5.41) is 11.9. The van der Waals surface area contributed by atoms with Gasteiger partial charge in [-0.15, -0.1) is 0 Å². The first-order valence-corrected chi connectivity index (χ1v) is 14.5. The van der Waals surface area contributed by atoms with Gasteiger partial charge in [0.2, 0.25) is 11.9 Å². The van der Waals surface area contributed by atoms with Crippen LogP contribution < -0.4 is 26.0 Å². The van der Waals surface area contributed by atoms with E-state index in [0.717, 1.165) is 46.1 Å². The van der Waals surface area contributed by atoms with Gasteiger partial charge in [0.15, 0.2) is 11.6 Å². The normalized spacial score (nSPS) is 10.4. The first kappa shape index (κ1) is 30.4. The zero-order valence-electron chi connectivity index (χ0n) is 22.7. The fourth-order valence-corrected chi connectivity index (χ4v) is 4.60. The summed E-state index contributed by atoms with van der Waals surface area (Å²) < 4.78 is 21.0. The Kier molecular flexibility index (Phi) is 11.6. The second kappa shape index (κ2) is 16.0. The number of nitrogens with one attached hydrogen (secondary N) is 4. The lowest BCUT2D eigenvalue weighted by Gasteiger charge is -2.11. The lowest BCUT2D eigenvalue weighted by molar-refractivity contribution is -0.111. The summed E-state index contributed by atoms with van der Waals surface area (Å²) in [6.45, 7) is 4.70. The van der Waals surface area contributed by atoms with Crippen molar-refractivity contribution in [1.82, 2.24) is 20.3 Å². The van der Waals surface area contributed by atoms with Gasteiger partial charge in [0, 0.05) is 41.8 Å². The molecule has 0 fully saturated rings. The van der Waals surface area contributed by atoms with Crippen LogP contribution in [0.3, 0.4) is 0 Å². The number of benzene rings is 2. The van der Waals surface area contributed by atoms with Crippen LogP contribution in [0, 0.1) is 5.82 Å². The summed E-state index contributed by atoms with van der Waals surface area (Å²) in [7, 11) is 0. The molecule has 0 radical (unpaired) electrons. The third-order valence-electron chi connectivity index (χ3n) is 5.63. The fraction of sp³-hybridized carbons (Fsp3) is 0.167. The molecule has 0 saturated heterocycles. The van der Waals surface area contributed by atoms with E-state index in [4.69, 9.17) is 17.0 Å². The Bertz CT molecular complexity index is 1490. The molecule has 4 rings (SSSR count). The number of ether oxygens (including phenoxy) is 1. The smallest absolute Gasteiger partial charge is 0.247 e. The van der Waals surface area contributed by atoms with Gasteiger partial charge in [-0.3, -0.25) is 9.78 Å². The maximum absolute atomic E-state index is 14.4. The number of anilines is 5. The van der Waals surface area contributed by atoms with Crippen molar-refractivity contribution in [2.24, 2.45) is 0 Å². The summed E-state index contributed by atoms with van der Waals surface area (Å²) in [6.07, 6.45) is 7.71. The lowest BCUT2D eigenvalue weighted by Crippen LogP contribution is -2.18. The zero-order valence-corrected chi connectivity index (χ0v) is 24.3. The average Bonchev–Trinajstić information content (AvgIpc) is 3.01. The molecule has 0 bridgehead atoms. The van der Waals surface area contributed by atoms with Crippen LogP contribution in [0.25, 0.3) is 0 Å². The highest BCUT2D eigenvalue weighted by atomic mass is 32.2. The maximum atomic E-state index is 14.4. The van der Waals surface area contributed by atoms with Gasteiger partial charge >= 0.3 is 0 Å². The molecule has 2 aromatic heterocycles. The molecule has 0 aliphatic carbocycles. The van der Waals surface area contributed by atoms with Crippen molar-refractivity contribution in [1.29, 1.82) is 0 Å². The Balaban J connectivity index is 1.18. The van der Waals surface area contributed by atoms with Crippen LogP contribution >= 0.6 is 24.0 Å². The Morgan fingerprint density at radius 1 is 1.02 bits per heavy atom. The Hall–Kier alpha value is -4.55. The summed E-state index contributed by atoms with van der Waals surface area (Å²) in [5.74, 6) is 0.900. The average molecular weight is 604 g/mol. The van der Waals surface area contributed by atoms with E-state index in [1.807, 2.05) is 42.6 Å². The largest absolute Gasteiger partial charge is 0.494 e. The van der Waals surface area contributed by atoms with Crippen molar-refractivity contribution in [2.75, 3.05) is 28.3 Å². The van der Waals surface area contributed by atoms with Gasteiger partial charge in [0.25, 0.3) is 0 Å². The molecule has 0 unspecified atom stereocenters. The number of halogens is 1. The number of nitrogens with zero attached hydrogens (tertiary/aromatic N) is 3. The maximum Gasteiger partial charge on any atom is 0.247 e. The van der Waals surface area contributed by atoms with Gasteiger partial charge in [-0.05, 0) is 73.0 Å². The molecule has 2 aromatic carbocycles. The van der Waals surface area contributed by atoms with Crippen molar-refractivity contribution in [3.8, 4) is 5.75 Å². The number of hydrogen-bond acceptors (Lipinski definition) is 9. The van der Waals surface area contributed by atoms with E-state index in [2.05, 4.69) is 42.8 Å². The Morgan fingerprint density at radius 3 is 2.64 bits per heavy atom. The molecule has 0 atom stereocenters. The highest BCUT2D eigenvalue weighted by molar-refractivity contribution is 8.22. The molecule has 4 aromatic rings. The molecular weight excluding hydrogens is 574 g/mol. The van der Waals surface area contributed by atoms with Crippen molar-refractivity contribution >= 4 is 63.0 Å². The van der Waals surface area contributed by atoms with E-state index in [1.54, 1.807) is 42.2 Å². The third kappa shape index (κ3) is 10.1. The second-order valence-corrected chi connectivity index (χ2v) is 10.6. The highest BCUT2D eigenvalue weighted by Gasteiger charge is 2.09. The molecule has 2 heterocycles. The predicted molar refractivity (Wildman–Crippen MR) is 171 cm³/mol. The van der Waals surface area contributed by atoms with Gasteiger partial charge in [-0.1, -0.05) is 42.7 Å². The molecule has 9 nitrogen and oxygen atoms in total. The predicted octanol–water partition coefficient (Wildman–Crippen LogP) is 6.59. The Labute approximate surface area is 253 Å². The standard InChI is InChI=1S/C30H30FN7O2S2/c1-2-27(39)35-23-8-5-9-24(17-23)36-28-26(31)20-33-29(38-28)37-22-10-12-25(13-11-22)40-15-3-4-16-42-30(41)34-19-21-7-6-14-32-18-21/h2,5-14,17-18,20H,1,3-4,15-16,19H2,(H,34,41)(H,35,39)(H2,33,36,37,38). The number of hydrogen-bond donors (Lipinski definition) is 4. The second-order valence-electron chi connectivity index (χ2n) is 8.85. The molecule has 42 heavy (non-hydrogen) atoms. The first-order valence-electron chi connectivity index (χ1n) is 13.1.